The van der Waals surface area contributed by atoms with Gasteiger partial charge in [0.25, 0.3) is 0 Å². The van der Waals surface area contributed by atoms with Crippen molar-refractivity contribution >= 4 is 17.4 Å². The highest BCUT2D eigenvalue weighted by Gasteiger charge is 2.33. The molecular formula is C16H27N3O2S. The SMILES string of the molecule is COCCC1(CNC(=O)N[C@@H](C)c2nc(C)cs2)CCCC1. The van der Waals surface area contributed by atoms with Gasteiger partial charge < -0.3 is 15.4 Å². The molecule has 1 aromatic heterocycles. The third kappa shape index (κ3) is 4.68. The maximum absolute atomic E-state index is 12.1. The molecule has 0 unspecified atom stereocenters. The predicted octanol–water partition coefficient (Wildman–Crippen LogP) is 3.41. The number of rotatable bonds is 7. The van der Waals surface area contributed by atoms with Crippen LogP contribution >= 0.6 is 11.3 Å². The third-order valence-corrected chi connectivity index (χ3v) is 5.62. The minimum Gasteiger partial charge on any atom is -0.385 e. The summed E-state index contributed by atoms with van der Waals surface area (Å²) in [6, 6.07) is -0.166. The van der Waals surface area contributed by atoms with Crippen LogP contribution in [0.3, 0.4) is 0 Å². The molecule has 2 amide bonds. The Hall–Kier alpha value is -1.14. The number of carbonyl (C=O) groups is 1. The van der Waals surface area contributed by atoms with E-state index in [1.54, 1.807) is 18.4 Å². The predicted molar refractivity (Wildman–Crippen MR) is 89.2 cm³/mol. The van der Waals surface area contributed by atoms with Crippen LogP contribution in [-0.4, -0.2) is 31.3 Å². The maximum Gasteiger partial charge on any atom is 0.315 e. The van der Waals surface area contributed by atoms with Crippen molar-refractivity contribution in [2.24, 2.45) is 5.41 Å². The number of carbonyl (C=O) groups excluding carboxylic acids is 1. The van der Waals surface area contributed by atoms with Crippen LogP contribution in [0.5, 0.6) is 0 Å². The minimum absolute atomic E-state index is 0.0581. The van der Waals surface area contributed by atoms with Gasteiger partial charge in [-0.3, -0.25) is 0 Å². The van der Waals surface area contributed by atoms with Crippen LogP contribution in [0.25, 0.3) is 0 Å². The van der Waals surface area contributed by atoms with E-state index in [0.29, 0.717) is 0 Å². The molecule has 0 radical (unpaired) electrons. The fraction of sp³-hybridized carbons (Fsp3) is 0.750. The van der Waals surface area contributed by atoms with Crippen LogP contribution in [0.2, 0.25) is 0 Å². The molecule has 22 heavy (non-hydrogen) atoms. The molecule has 0 saturated heterocycles. The number of urea groups is 1. The Bertz CT molecular complexity index is 483. The second-order valence-corrected chi connectivity index (χ2v) is 7.22. The molecule has 5 nitrogen and oxygen atoms in total. The van der Waals surface area contributed by atoms with Gasteiger partial charge in [0, 0.05) is 31.3 Å². The highest BCUT2D eigenvalue weighted by atomic mass is 32.1. The molecule has 0 bridgehead atoms. The summed E-state index contributed by atoms with van der Waals surface area (Å²) in [5, 5.41) is 8.98. The summed E-state index contributed by atoms with van der Waals surface area (Å²) in [5.74, 6) is 0. The Labute approximate surface area is 136 Å². The normalized spacial score (nSPS) is 18.1. The largest absolute Gasteiger partial charge is 0.385 e. The summed E-state index contributed by atoms with van der Waals surface area (Å²) in [4.78, 5) is 16.5. The van der Waals surface area contributed by atoms with Gasteiger partial charge in [0.1, 0.15) is 5.01 Å². The van der Waals surface area contributed by atoms with E-state index in [1.807, 2.05) is 19.2 Å². The lowest BCUT2D eigenvalue weighted by Crippen LogP contribution is -2.43. The van der Waals surface area contributed by atoms with E-state index >= 15 is 0 Å². The molecule has 124 valence electrons. The van der Waals surface area contributed by atoms with E-state index < -0.39 is 0 Å². The average molecular weight is 325 g/mol. The Balaban J connectivity index is 1.81. The fourth-order valence-corrected chi connectivity index (χ4v) is 3.91. The number of thiazole rings is 1. The average Bonchev–Trinajstić information content (AvgIpc) is 3.13. The highest BCUT2D eigenvalue weighted by Crippen LogP contribution is 2.40. The van der Waals surface area contributed by atoms with Crippen LogP contribution < -0.4 is 10.6 Å². The van der Waals surface area contributed by atoms with Crippen molar-refractivity contribution < 1.29 is 9.53 Å². The van der Waals surface area contributed by atoms with Crippen LogP contribution in [0.4, 0.5) is 4.79 Å². The van der Waals surface area contributed by atoms with Gasteiger partial charge in [-0.1, -0.05) is 12.8 Å². The van der Waals surface area contributed by atoms with E-state index in [2.05, 4.69) is 15.6 Å². The summed E-state index contributed by atoms with van der Waals surface area (Å²) < 4.78 is 5.23. The number of hydrogen-bond donors (Lipinski definition) is 2. The van der Waals surface area contributed by atoms with Crippen molar-refractivity contribution in [3.63, 3.8) is 0 Å². The summed E-state index contributed by atoms with van der Waals surface area (Å²) in [7, 11) is 1.74. The summed E-state index contributed by atoms with van der Waals surface area (Å²) in [6.45, 7) is 5.42. The lowest BCUT2D eigenvalue weighted by atomic mass is 9.83. The molecule has 1 aliphatic rings. The minimum atomic E-state index is -0.107. The van der Waals surface area contributed by atoms with E-state index in [0.717, 1.165) is 30.3 Å². The van der Waals surface area contributed by atoms with Gasteiger partial charge in [-0.15, -0.1) is 11.3 Å². The van der Waals surface area contributed by atoms with Gasteiger partial charge in [0.05, 0.1) is 6.04 Å². The molecule has 0 spiro atoms. The molecule has 2 rings (SSSR count). The molecule has 1 aliphatic carbocycles. The first-order valence-electron chi connectivity index (χ1n) is 8.00. The number of aromatic nitrogens is 1. The smallest absolute Gasteiger partial charge is 0.315 e. The second kappa shape index (κ2) is 7.92. The number of nitrogens with zero attached hydrogens (tertiary/aromatic N) is 1. The topological polar surface area (TPSA) is 63.2 Å². The van der Waals surface area contributed by atoms with E-state index in [9.17, 15) is 4.79 Å². The van der Waals surface area contributed by atoms with Crippen molar-refractivity contribution in [3.05, 3.63) is 16.1 Å². The highest BCUT2D eigenvalue weighted by molar-refractivity contribution is 7.09. The van der Waals surface area contributed by atoms with Crippen molar-refractivity contribution in [1.82, 2.24) is 15.6 Å². The lowest BCUT2D eigenvalue weighted by molar-refractivity contribution is 0.135. The van der Waals surface area contributed by atoms with Gasteiger partial charge in [-0.05, 0) is 38.5 Å². The molecule has 1 saturated carbocycles. The Morgan fingerprint density at radius 1 is 1.50 bits per heavy atom. The van der Waals surface area contributed by atoms with E-state index in [1.165, 1.54) is 25.7 Å². The molecule has 6 heteroatoms. The van der Waals surface area contributed by atoms with Gasteiger partial charge in [0.2, 0.25) is 0 Å². The maximum atomic E-state index is 12.1. The zero-order valence-corrected chi connectivity index (χ0v) is 14.6. The number of aryl methyl sites for hydroxylation is 1. The van der Waals surface area contributed by atoms with Crippen LogP contribution in [0, 0.1) is 12.3 Å². The summed E-state index contributed by atoms with van der Waals surface area (Å²) >= 11 is 1.58. The monoisotopic (exact) mass is 325 g/mol. The second-order valence-electron chi connectivity index (χ2n) is 6.33. The Kier molecular flexibility index (Phi) is 6.20. The first-order valence-corrected chi connectivity index (χ1v) is 8.88. The number of ether oxygens (including phenoxy) is 1. The van der Waals surface area contributed by atoms with E-state index in [4.69, 9.17) is 4.74 Å². The van der Waals surface area contributed by atoms with E-state index in [-0.39, 0.29) is 17.5 Å². The van der Waals surface area contributed by atoms with Gasteiger partial charge >= 0.3 is 6.03 Å². The summed E-state index contributed by atoms with van der Waals surface area (Å²) in [5.41, 5.74) is 1.22. The molecule has 1 fully saturated rings. The number of methoxy groups -OCH3 is 1. The quantitative estimate of drug-likeness (QED) is 0.807. The third-order valence-electron chi connectivity index (χ3n) is 4.48. The zero-order valence-electron chi connectivity index (χ0n) is 13.8. The van der Waals surface area contributed by atoms with Gasteiger partial charge in [-0.25, -0.2) is 9.78 Å². The van der Waals surface area contributed by atoms with Crippen LogP contribution in [-0.2, 0) is 4.74 Å². The van der Waals surface area contributed by atoms with Gasteiger partial charge in [-0.2, -0.15) is 0 Å². The van der Waals surface area contributed by atoms with Crippen LogP contribution in [0.1, 0.15) is 55.8 Å². The Morgan fingerprint density at radius 2 is 2.23 bits per heavy atom. The molecular weight excluding hydrogens is 298 g/mol. The van der Waals surface area contributed by atoms with Crippen molar-refractivity contribution in [2.45, 2.75) is 52.0 Å². The molecule has 1 aromatic rings. The molecule has 0 aromatic carbocycles. The van der Waals surface area contributed by atoms with Gasteiger partial charge in [0.15, 0.2) is 0 Å². The number of nitrogens with one attached hydrogen (secondary N) is 2. The standard InChI is InChI=1S/C16H27N3O2S/c1-12-10-22-14(18-12)13(2)19-15(20)17-11-16(8-9-21-3)6-4-5-7-16/h10,13H,4-9,11H2,1-3H3,(H2,17,19,20)/t13-/m0/s1. The summed E-state index contributed by atoms with van der Waals surface area (Å²) in [6.07, 6.45) is 5.88. The van der Waals surface area contributed by atoms with Crippen LogP contribution in [0.15, 0.2) is 5.38 Å². The number of hydrogen-bond acceptors (Lipinski definition) is 4. The molecule has 1 heterocycles. The Morgan fingerprint density at radius 3 is 2.82 bits per heavy atom. The first-order chi connectivity index (χ1) is 10.5. The first kappa shape index (κ1) is 17.2. The fourth-order valence-electron chi connectivity index (χ4n) is 3.11. The van der Waals surface area contributed by atoms with Crippen molar-refractivity contribution in [3.8, 4) is 0 Å². The van der Waals surface area contributed by atoms with Crippen molar-refractivity contribution in [1.29, 1.82) is 0 Å². The van der Waals surface area contributed by atoms with Crippen molar-refractivity contribution in [2.75, 3.05) is 20.3 Å². The number of amides is 2. The molecule has 2 N–H and O–H groups in total. The molecule has 0 aliphatic heterocycles. The zero-order chi connectivity index (χ0) is 16.0. The molecule has 1 atom stereocenters. The lowest BCUT2D eigenvalue weighted by Gasteiger charge is -2.29.